The van der Waals surface area contributed by atoms with E-state index in [0.29, 0.717) is 0 Å². The third-order valence-corrected chi connectivity index (χ3v) is 4.11. The van der Waals surface area contributed by atoms with Gasteiger partial charge in [-0.3, -0.25) is 4.79 Å². The van der Waals surface area contributed by atoms with Crippen LogP contribution < -0.4 is 5.73 Å². The first-order valence-corrected chi connectivity index (χ1v) is 7.22. The van der Waals surface area contributed by atoms with E-state index in [-0.39, 0.29) is 23.9 Å². The van der Waals surface area contributed by atoms with Crippen molar-refractivity contribution < 1.29 is 4.79 Å². The zero-order chi connectivity index (χ0) is 13.8. The molecule has 1 aromatic carbocycles. The van der Waals surface area contributed by atoms with Crippen LogP contribution in [0.15, 0.2) is 30.3 Å². The topological polar surface area (TPSA) is 46.3 Å². The van der Waals surface area contributed by atoms with E-state index in [4.69, 9.17) is 5.73 Å². The summed E-state index contributed by atoms with van der Waals surface area (Å²) in [6, 6.07) is 10.2. The number of benzene rings is 1. The van der Waals surface area contributed by atoms with Crippen LogP contribution in [-0.4, -0.2) is 29.4 Å². The second-order valence-electron chi connectivity index (χ2n) is 5.59. The van der Waals surface area contributed by atoms with E-state index in [1.165, 1.54) is 6.42 Å². The number of carbonyl (C=O) groups excluding carboxylic acids is 1. The molecule has 2 rings (SSSR count). The Kier molecular flexibility index (Phi) is 4.59. The Morgan fingerprint density at radius 2 is 1.95 bits per heavy atom. The number of hydrogen-bond donors (Lipinski definition) is 1. The summed E-state index contributed by atoms with van der Waals surface area (Å²) in [5.41, 5.74) is 7.12. The zero-order valence-corrected chi connectivity index (χ0v) is 11.9. The summed E-state index contributed by atoms with van der Waals surface area (Å²) >= 11 is 0. The Morgan fingerprint density at radius 3 is 2.58 bits per heavy atom. The average Bonchev–Trinajstić information content (AvgIpc) is 2.46. The SMILES string of the molecule is CC(C(=O)N1CCCCC1C(C)N)c1ccccc1. The molecule has 1 fully saturated rings. The van der Waals surface area contributed by atoms with Gasteiger partial charge in [-0.1, -0.05) is 30.3 Å². The molecule has 1 saturated heterocycles. The fourth-order valence-corrected chi connectivity index (χ4v) is 2.91. The molecule has 0 bridgehead atoms. The van der Waals surface area contributed by atoms with Gasteiger partial charge in [0.25, 0.3) is 0 Å². The van der Waals surface area contributed by atoms with E-state index < -0.39 is 0 Å². The Hall–Kier alpha value is -1.35. The minimum absolute atomic E-state index is 0.0484. The quantitative estimate of drug-likeness (QED) is 0.907. The highest BCUT2D eigenvalue weighted by Gasteiger charge is 2.31. The third-order valence-electron chi connectivity index (χ3n) is 4.11. The van der Waals surface area contributed by atoms with E-state index >= 15 is 0 Å². The molecular weight excluding hydrogens is 236 g/mol. The molecule has 3 nitrogen and oxygen atoms in total. The molecule has 0 aliphatic carbocycles. The van der Waals surface area contributed by atoms with Crippen LogP contribution in [0.5, 0.6) is 0 Å². The first-order chi connectivity index (χ1) is 9.11. The van der Waals surface area contributed by atoms with Crippen LogP contribution in [-0.2, 0) is 4.79 Å². The lowest BCUT2D eigenvalue weighted by Crippen LogP contribution is -2.52. The smallest absolute Gasteiger partial charge is 0.230 e. The highest BCUT2D eigenvalue weighted by molar-refractivity contribution is 5.83. The number of likely N-dealkylation sites (tertiary alicyclic amines) is 1. The lowest BCUT2D eigenvalue weighted by molar-refractivity contribution is -0.136. The number of carbonyl (C=O) groups is 1. The molecule has 0 radical (unpaired) electrons. The zero-order valence-electron chi connectivity index (χ0n) is 11.9. The van der Waals surface area contributed by atoms with Gasteiger partial charge < -0.3 is 10.6 Å². The summed E-state index contributed by atoms with van der Waals surface area (Å²) in [6.07, 6.45) is 3.30. The molecule has 1 aliphatic heterocycles. The van der Waals surface area contributed by atoms with Gasteiger partial charge in [-0.25, -0.2) is 0 Å². The number of hydrogen-bond acceptors (Lipinski definition) is 2. The molecule has 0 saturated carbocycles. The normalized spacial score (nSPS) is 22.9. The molecule has 3 unspecified atom stereocenters. The van der Waals surface area contributed by atoms with Gasteiger partial charge in [-0.05, 0) is 38.7 Å². The Morgan fingerprint density at radius 1 is 1.26 bits per heavy atom. The maximum Gasteiger partial charge on any atom is 0.230 e. The van der Waals surface area contributed by atoms with E-state index in [2.05, 4.69) is 0 Å². The molecule has 2 N–H and O–H groups in total. The summed E-state index contributed by atoms with van der Waals surface area (Å²) in [7, 11) is 0. The average molecular weight is 260 g/mol. The fourth-order valence-electron chi connectivity index (χ4n) is 2.91. The second-order valence-corrected chi connectivity index (χ2v) is 5.59. The van der Waals surface area contributed by atoms with Crippen LogP contribution in [0.3, 0.4) is 0 Å². The van der Waals surface area contributed by atoms with Gasteiger partial charge >= 0.3 is 0 Å². The predicted molar refractivity (Wildman–Crippen MR) is 77.9 cm³/mol. The summed E-state index contributed by atoms with van der Waals surface area (Å²) in [6.45, 7) is 4.84. The van der Waals surface area contributed by atoms with Gasteiger partial charge in [0, 0.05) is 18.6 Å². The Labute approximate surface area is 115 Å². The lowest BCUT2D eigenvalue weighted by atomic mass is 9.93. The van der Waals surface area contributed by atoms with Crippen molar-refractivity contribution in [2.45, 2.75) is 51.1 Å². The lowest BCUT2D eigenvalue weighted by Gasteiger charge is -2.39. The van der Waals surface area contributed by atoms with Crippen molar-refractivity contribution in [2.24, 2.45) is 5.73 Å². The second kappa shape index (κ2) is 6.20. The van der Waals surface area contributed by atoms with Crippen LogP contribution in [0.2, 0.25) is 0 Å². The van der Waals surface area contributed by atoms with Gasteiger partial charge in [-0.15, -0.1) is 0 Å². The first-order valence-electron chi connectivity index (χ1n) is 7.22. The first kappa shape index (κ1) is 14.1. The maximum absolute atomic E-state index is 12.7. The van der Waals surface area contributed by atoms with Crippen LogP contribution in [0.1, 0.15) is 44.6 Å². The molecule has 0 spiro atoms. The molecule has 1 aromatic rings. The Bertz CT molecular complexity index is 416. The van der Waals surface area contributed by atoms with Crippen LogP contribution >= 0.6 is 0 Å². The summed E-state index contributed by atoms with van der Waals surface area (Å²) in [5, 5.41) is 0. The molecule has 3 atom stereocenters. The number of amides is 1. The summed E-state index contributed by atoms with van der Waals surface area (Å²) in [4.78, 5) is 14.7. The van der Waals surface area contributed by atoms with Crippen molar-refractivity contribution >= 4 is 5.91 Å². The highest BCUT2D eigenvalue weighted by Crippen LogP contribution is 2.25. The fraction of sp³-hybridized carbons (Fsp3) is 0.562. The molecule has 104 valence electrons. The van der Waals surface area contributed by atoms with Crippen molar-refractivity contribution in [2.75, 3.05) is 6.54 Å². The molecule has 19 heavy (non-hydrogen) atoms. The van der Waals surface area contributed by atoms with E-state index in [0.717, 1.165) is 24.9 Å². The van der Waals surface area contributed by atoms with Crippen molar-refractivity contribution in [3.05, 3.63) is 35.9 Å². The largest absolute Gasteiger partial charge is 0.338 e. The minimum atomic E-state index is -0.0828. The van der Waals surface area contributed by atoms with Crippen molar-refractivity contribution in [3.63, 3.8) is 0 Å². The Balaban J connectivity index is 2.13. The van der Waals surface area contributed by atoms with Gasteiger partial charge in [0.05, 0.1) is 5.92 Å². The van der Waals surface area contributed by atoms with Crippen molar-refractivity contribution in [1.82, 2.24) is 4.90 Å². The predicted octanol–water partition coefficient (Wildman–Crippen LogP) is 2.52. The minimum Gasteiger partial charge on any atom is -0.338 e. The van der Waals surface area contributed by atoms with Crippen molar-refractivity contribution in [1.29, 1.82) is 0 Å². The van der Waals surface area contributed by atoms with Gasteiger partial charge in [0.1, 0.15) is 0 Å². The highest BCUT2D eigenvalue weighted by atomic mass is 16.2. The van der Waals surface area contributed by atoms with Gasteiger partial charge in [0.15, 0.2) is 0 Å². The summed E-state index contributed by atoms with van der Waals surface area (Å²) in [5.74, 6) is 0.133. The molecule has 1 aliphatic rings. The van der Waals surface area contributed by atoms with Crippen LogP contribution in [0.25, 0.3) is 0 Å². The van der Waals surface area contributed by atoms with Crippen molar-refractivity contribution in [3.8, 4) is 0 Å². The van der Waals surface area contributed by atoms with Gasteiger partial charge in [0.2, 0.25) is 5.91 Å². The number of nitrogens with two attached hydrogens (primary N) is 1. The molecule has 3 heteroatoms. The maximum atomic E-state index is 12.7. The molecular formula is C16H24N2O. The van der Waals surface area contributed by atoms with Gasteiger partial charge in [-0.2, -0.15) is 0 Å². The monoisotopic (exact) mass is 260 g/mol. The third kappa shape index (κ3) is 3.16. The number of rotatable bonds is 3. The molecule has 1 amide bonds. The van der Waals surface area contributed by atoms with E-state index in [9.17, 15) is 4.79 Å². The molecule has 0 aromatic heterocycles. The number of piperidine rings is 1. The van der Waals surface area contributed by atoms with E-state index in [1.54, 1.807) is 0 Å². The molecule has 1 heterocycles. The van der Waals surface area contributed by atoms with Crippen LogP contribution in [0, 0.1) is 0 Å². The standard InChI is InChI=1S/C16H24N2O/c1-12(14-8-4-3-5-9-14)16(19)18-11-7-6-10-15(18)13(2)17/h3-5,8-9,12-13,15H,6-7,10-11,17H2,1-2H3. The van der Waals surface area contributed by atoms with E-state index in [1.807, 2.05) is 49.1 Å². The van der Waals surface area contributed by atoms with Crippen LogP contribution in [0.4, 0.5) is 0 Å². The summed E-state index contributed by atoms with van der Waals surface area (Å²) < 4.78 is 0. The number of nitrogens with zero attached hydrogens (tertiary/aromatic N) is 1.